The largest absolute Gasteiger partial charge is 0.456 e. The average Bonchev–Trinajstić information content (AvgIpc) is 3.05. The fourth-order valence-electron chi connectivity index (χ4n) is 2.53. The number of morpholine rings is 1. The number of carbonyl (C=O) groups is 1. The van der Waals surface area contributed by atoms with Crippen LogP contribution in [-0.2, 0) is 11.2 Å². The van der Waals surface area contributed by atoms with Gasteiger partial charge in [-0.1, -0.05) is 19.1 Å². The number of nitrogens with zero attached hydrogens (tertiary/aromatic N) is 1. The molecule has 2 heterocycles. The SMILES string of the molecule is CCc1ccc(C(=O)Nc2ccccc2N2CCOCC2)o1. The maximum absolute atomic E-state index is 12.3. The molecule has 116 valence electrons. The second-order valence-electron chi connectivity index (χ2n) is 5.19. The summed E-state index contributed by atoms with van der Waals surface area (Å²) in [5.74, 6) is 0.931. The van der Waals surface area contributed by atoms with Gasteiger partial charge in [-0.05, 0) is 24.3 Å². The second kappa shape index (κ2) is 6.66. The van der Waals surface area contributed by atoms with Gasteiger partial charge in [0.1, 0.15) is 5.76 Å². The third kappa shape index (κ3) is 3.14. The van der Waals surface area contributed by atoms with Crippen LogP contribution in [0.15, 0.2) is 40.8 Å². The minimum Gasteiger partial charge on any atom is -0.456 e. The van der Waals surface area contributed by atoms with Crippen molar-refractivity contribution >= 4 is 17.3 Å². The monoisotopic (exact) mass is 300 g/mol. The van der Waals surface area contributed by atoms with Crippen LogP contribution in [0.1, 0.15) is 23.2 Å². The maximum atomic E-state index is 12.3. The summed E-state index contributed by atoms with van der Waals surface area (Å²) in [4.78, 5) is 14.6. The first-order valence-corrected chi connectivity index (χ1v) is 7.59. The van der Waals surface area contributed by atoms with Gasteiger partial charge in [-0.3, -0.25) is 4.79 Å². The number of para-hydroxylation sites is 2. The Labute approximate surface area is 129 Å². The standard InChI is InChI=1S/C17H20N2O3/c1-2-13-7-8-16(22-13)17(20)18-14-5-3-4-6-15(14)19-9-11-21-12-10-19/h3-8H,2,9-12H2,1H3,(H,18,20). The lowest BCUT2D eigenvalue weighted by Crippen LogP contribution is -2.36. The molecule has 3 rings (SSSR count). The molecule has 0 unspecified atom stereocenters. The van der Waals surface area contributed by atoms with Gasteiger partial charge in [-0.2, -0.15) is 0 Å². The van der Waals surface area contributed by atoms with E-state index in [0.717, 1.165) is 36.6 Å². The molecular formula is C17H20N2O3. The molecule has 0 saturated carbocycles. The van der Waals surface area contributed by atoms with E-state index in [0.29, 0.717) is 19.0 Å². The molecule has 1 aliphatic rings. The fraction of sp³-hybridized carbons (Fsp3) is 0.353. The molecule has 1 saturated heterocycles. The number of benzene rings is 1. The van der Waals surface area contributed by atoms with E-state index in [2.05, 4.69) is 10.2 Å². The Morgan fingerprint density at radius 1 is 1.18 bits per heavy atom. The lowest BCUT2D eigenvalue weighted by Gasteiger charge is -2.30. The summed E-state index contributed by atoms with van der Waals surface area (Å²) in [7, 11) is 0. The van der Waals surface area contributed by atoms with Crippen LogP contribution >= 0.6 is 0 Å². The number of rotatable bonds is 4. The Morgan fingerprint density at radius 2 is 1.95 bits per heavy atom. The first-order chi connectivity index (χ1) is 10.8. The van der Waals surface area contributed by atoms with Gasteiger partial charge in [0.25, 0.3) is 5.91 Å². The predicted octanol–water partition coefficient (Wildman–Crippen LogP) is 2.93. The van der Waals surface area contributed by atoms with Gasteiger partial charge < -0.3 is 19.4 Å². The van der Waals surface area contributed by atoms with E-state index in [1.165, 1.54) is 0 Å². The molecular weight excluding hydrogens is 280 g/mol. The smallest absolute Gasteiger partial charge is 0.291 e. The van der Waals surface area contributed by atoms with Crippen LogP contribution in [0.25, 0.3) is 0 Å². The number of hydrogen-bond donors (Lipinski definition) is 1. The summed E-state index contributed by atoms with van der Waals surface area (Å²) >= 11 is 0. The highest BCUT2D eigenvalue weighted by atomic mass is 16.5. The predicted molar refractivity (Wildman–Crippen MR) is 85.5 cm³/mol. The average molecular weight is 300 g/mol. The van der Waals surface area contributed by atoms with E-state index >= 15 is 0 Å². The lowest BCUT2D eigenvalue weighted by molar-refractivity contribution is 0.0995. The molecule has 1 N–H and O–H groups in total. The van der Waals surface area contributed by atoms with Crippen LogP contribution in [0, 0.1) is 0 Å². The van der Waals surface area contributed by atoms with Gasteiger partial charge in [0.05, 0.1) is 24.6 Å². The topological polar surface area (TPSA) is 54.7 Å². The van der Waals surface area contributed by atoms with Crippen molar-refractivity contribution in [2.75, 3.05) is 36.5 Å². The number of aryl methyl sites for hydroxylation is 1. The van der Waals surface area contributed by atoms with E-state index < -0.39 is 0 Å². The van der Waals surface area contributed by atoms with Crippen LogP contribution in [-0.4, -0.2) is 32.2 Å². The van der Waals surface area contributed by atoms with Crippen LogP contribution in [0.5, 0.6) is 0 Å². The van der Waals surface area contributed by atoms with Crippen molar-refractivity contribution in [1.82, 2.24) is 0 Å². The summed E-state index contributed by atoms with van der Waals surface area (Å²) in [6.45, 7) is 5.07. The molecule has 1 aromatic heterocycles. The number of hydrogen-bond acceptors (Lipinski definition) is 4. The summed E-state index contributed by atoms with van der Waals surface area (Å²) in [6.07, 6.45) is 0.775. The number of carbonyl (C=O) groups excluding carboxylic acids is 1. The van der Waals surface area contributed by atoms with Gasteiger partial charge in [0, 0.05) is 19.5 Å². The zero-order valence-electron chi connectivity index (χ0n) is 12.7. The van der Waals surface area contributed by atoms with Gasteiger partial charge >= 0.3 is 0 Å². The fourth-order valence-corrected chi connectivity index (χ4v) is 2.53. The van der Waals surface area contributed by atoms with Crippen molar-refractivity contribution in [2.45, 2.75) is 13.3 Å². The van der Waals surface area contributed by atoms with Crippen LogP contribution in [0.2, 0.25) is 0 Å². The molecule has 5 nitrogen and oxygen atoms in total. The van der Waals surface area contributed by atoms with Crippen LogP contribution in [0.3, 0.4) is 0 Å². The Bertz CT molecular complexity index is 645. The van der Waals surface area contributed by atoms with E-state index in [1.807, 2.05) is 37.3 Å². The van der Waals surface area contributed by atoms with Crippen LogP contribution in [0.4, 0.5) is 11.4 Å². The van der Waals surface area contributed by atoms with Gasteiger partial charge in [-0.25, -0.2) is 0 Å². The summed E-state index contributed by atoms with van der Waals surface area (Å²) in [5.41, 5.74) is 1.81. The quantitative estimate of drug-likeness (QED) is 0.943. The maximum Gasteiger partial charge on any atom is 0.291 e. The summed E-state index contributed by atoms with van der Waals surface area (Å²) in [6, 6.07) is 11.4. The van der Waals surface area contributed by atoms with Crippen LogP contribution < -0.4 is 10.2 Å². The lowest BCUT2D eigenvalue weighted by atomic mass is 10.2. The molecule has 1 amide bonds. The van der Waals surface area contributed by atoms with E-state index in [1.54, 1.807) is 6.07 Å². The molecule has 0 radical (unpaired) electrons. The molecule has 22 heavy (non-hydrogen) atoms. The zero-order chi connectivity index (χ0) is 15.4. The molecule has 1 aliphatic heterocycles. The normalized spacial score (nSPS) is 14.9. The molecule has 0 atom stereocenters. The number of furan rings is 1. The number of anilines is 2. The van der Waals surface area contributed by atoms with Gasteiger partial charge in [0.15, 0.2) is 5.76 Å². The number of amides is 1. The minimum absolute atomic E-state index is 0.222. The second-order valence-corrected chi connectivity index (χ2v) is 5.19. The third-order valence-corrected chi connectivity index (χ3v) is 3.74. The van der Waals surface area contributed by atoms with Crippen molar-refractivity contribution in [1.29, 1.82) is 0 Å². The Hall–Kier alpha value is -2.27. The third-order valence-electron chi connectivity index (χ3n) is 3.74. The highest BCUT2D eigenvalue weighted by molar-refractivity contribution is 6.04. The summed E-state index contributed by atoms with van der Waals surface area (Å²) in [5, 5.41) is 2.95. The van der Waals surface area contributed by atoms with E-state index in [9.17, 15) is 4.79 Å². The van der Waals surface area contributed by atoms with E-state index in [-0.39, 0.29) is 5.91 Å². The molecule has 0 bridgehead atoms. The van der Waals surface area contributed by atoms with Crippen molar-refractivity contribution in [2.24, 2.45) is 0 Å². The highest BCUT2D eigenvalue weighted by Crippen LogP contribution is 2.27. The first-order valence-electron chi connectivity index (χ1n) is 7.59. The van der Waals surface area contributed by atoms with E-state index in [4.69, 9.17) is 9.15 Å². The van der Waals surface area contributed by atoms with Crippen molar-refractivity contribution in [3.63, 3.8) is 0 Å². The zero-order valence-corrected chi connectivity index (χ0v) is 12.7. The van der Waals surface area contributed by atoms with Crippen molar-refractivity contribution < 1.29 is 13.9 Å². The van der Waals surface area contributed by atoms with Crippen molar-refractivity contribution in [3.05, 3.63) is 47.9 Å². The molecule has 0 aliphatic carbocycles. The molecule has 1 aromatic carbocycles. The summed E-state index contributed by atoms with van der Waals surface area (Å²) < 4.78 is 10.9. The first kappa shape index (κ1) is 14.7. The molecule has 2 aromatic rings. The molecule has 0 spiro atoms. The highest BCUT2D eigenvalue weighted by Gasteiger charge is 2.17. The van der Waals surface area contributed by atoms with Crippen molar-refractivity contribution in [3.8, 4) is 0 Å². The number of nitrogens with one attached hydrogen (secondary N) is 1. The Kier molecular flexibility index (Phi) is 4.44. The molecule has 1 fully saturated rings. The van der Waals surface area contributed by atoms with Gasteiger partial charge in [0.2, 0.25) is 0 Å². The number of ether oxygens (including phenoxy) is 1. The Balaban J connectivity index is 1.78. The van der Waals surface area contributed by atoms with Gasteiger partial charge in [-0.15, -0.1) is 0 Å². The minimum atomic E-state index is -0.222. The Morgan fingerprint density at radius 3 is 2.68 bits per heavy atom. The molecule has 5 heteroatoms.